The Morgan fingerprint density at radius 1 is 1.14 bits per heavy atom. The van der Waals surface area contributed by atoms with Gasteiger partial charge in [-0.3, -0.25) is 0 Å². The van der Waals surface area contributed by atoms with Gasteiger partial charge in [0.25, 0.3) is 0 Å². The van der Waals surface area contributed by atoms with Crippen molar-refractivity contribution in [3.05, 3.63) is 60.2 Å². The largest absolute Gasteiger partial charge is 0.332 e. The lowest BCUT2D eigenvalue weighted by molar-refractivity contribution is 0.977. The fourth-order valence-corrected chi connectivity index (χ4v) is 2.45. The molecule has 2 aromatic carbocycles. The molecule has 0 radical (unpaired) electrons. The number of anilines is 2. The number of nitriles is 1. The summed E-state index contributed by atoms with van der Waals surface area (Å²) < 4.78 is 0. The lowest BCUT2D eigenvalue weighted by Gasteiger charge is -2.25. The van der Waals surface area contributed by atoms with E-state index in [1.807, 2.05) is 47.4 Å². The maximum Gasteiger partial charge on any atom is 0.177 e. The van der Waals surface area contributed by atoms with E-state index in [0.29, 0.717) is 18.1 Å². The first-order valence-corrected chi connectivity index (χ1v) is 7.75. The Hall–Kier alpha value is -2.38. The number of aryl methyl sites for hydroxylation is 1. The van der Waals surface area contributed by atoms with Crippen molar-refractivity contribution in [2.24, 2.45) is 0 Å². The normalized spacial score (nSPS) is 9.82. The van der Waals surface area contributed by atoms with Gasteiger partial charge in [0.1, 0.15) is 0 Å². The summed E-state index contributed by atoms with van der Waals surface area (Å²) in [6, 6.07) is 20.3. The van der Waals surface area contributed by atoms with Gasteiger partial charge in [0.15, 0.2) is 5.11 Å². The van der Waals surface area contributed by atoms with Gasteiger partial charge in [0.2, 0.25) is 0 Å². The fraction of sp³-hybridized carbons (Fsp3) is 0.222. The highest BCUT2D eigenvalue weighted by atomic mass is 32.1. The Morgan fingerprint density at radius 2 is 1.82 bits per heavy atom. The monoisotopic (exact) mass is 309 g/mol. The summed E-state index contributed by atoms with van der Waals surface area (Å²) in [5, 5.41) is 12.7. The van der Waals surface area contributed by atoms with Crippen LogP contribution in [-0.2, 0) is 6.42 Å². The number of para-hydroxylation sites is 1. The zero-order valence-electron chi connectivity index (χ0n) is 12.6. The van der Waals surface area contributed by atoms with Crippen LogP contribution in [0.3, 0.4) is 0 Å². The lowest BCUT2D eigenvalue weighted by Crippen LogP contribution is -2.35. The van der Waals surface area contributed by atoms with E-state index in [1.54, 1.807) is 0 Å². The Bertz CT molecular complexity index is 644. The number of thiocarbonyl (C=S) groups is 1. The molecule has 0 aromatic heterocycles. The van der Waals surface area contributed by atoms with E-state index in [9.17, 15) is 0 Å². The second-order valence-corrected chi connectivity index (χ2v) is 5.26. The van der Waals surface area contributed by atoms with Gasteiger partial charge in [-0.25, -0.2) is 0 Å². The van der Waals surface area contributed by atoms with Crippen molar-refractivity contribution in [1.29, 1.82) is 5.26 Å². The molecule has 0 heterocycles. The molecule has 2 aromatic rings. The van der Waals surface area contributed by atoms with Gasteiger partial charge >= 0.3 is 0 Å². The minimum absolute atomic E-state index is 0.422. The molecule has 4 heteroatoms. The standard InChI is InChI=1S/C18H19N3S/c1-2-15-9-11-16(12-10-15)20-18(22)21(14-6-13-19)17-7-4-3-5-8-17/h3-5,7-12H,2,6,14H2,1H3,(H,20,22). The molecule has 112 valence electrons. The van der Waals surface area contributed by atoms with Gasteiger partial charge in [-0.05, 0) is 48.5 Å². The van der Waals surface area contributed by atoms with E-state index in [4.69, 9.17) is 17.5 Å². The van der Waals surface area contributed by atoms with Crippen LogP contribution < -0.4 is 10.2 Å². The van der Waals surface area contributed by atoms with Crippen LogP contribution in [0.1, 0.15) is 18.9 Å². The highest BCUT2D eigenvalue weighted by Gasteiger charge is 2.11. The van der Waals surface area contributed by atoms with Crippen molar-refractivity contribution in [3.8, 4) is 6.07 Å². The predicted octanol–water partition coefficient (Wildman–Crippen LogP) is 4.37. The molecule has 0 fully saturated rings. The molecule has 0 unspecified atom stereocenters. The molecular formula is C18H19N3S. The highest BCUT2D eigenvalue weighted by Crippen LogP contribution is 2.17. The molecule has 0 aliphatic rings. The molecule has 2 rings (SSSR count). The molecule has 0 aliphatic carbocycles. The first-order chi connectivity index (χ1) is 10.7. The molecule has 0 saturated carbocycles. The summed E-state index contributed by atoms with van der Waals surface area (Å²) in [4.78, 5) is 1.95. The summed E-state index contributed by atoms with van der Waals surface area (Å²) in [5.41, 5.74) is 3.24. The third-order valence-corrected chi connectivity index (χ3v) is 3.70. The first kappa shape index (κ1) is 16.0. The van der Waals surface area contributed by atoms with Crippen molar-refractivity contribution in [3.63, 3.8) is 0 Å². The van der Waals surface area contributed by atoms with Crippen LogP contribution in [-0.4, -0.2) is 11.7 Å². The van der Waals surface area contributed by atoms with Crippen molar-refractivity contribution >= 4 is 28.7 Å². The minimum Gasteiger partial charge on any atom is -0.332 e. The summed E-state index contributed by atoms with van der Waals surface area (Å²) in [5.74, 6) is 0. The number of benzene rings is 2. The van der Waals surface area contributed by atoms with Gasteiger partial charge in [0, 0.05) is 17.9 Å². The van der Waals surface area contributed by atoms with Crippen LogP contribution >= 0.6 is 12.2 Å². The van der Waals surface area contributed by atoms with Gasteiger partial charge in [0.05, 0.1) is 12.5 Å². The van der Waals surface area contributed by atoms with E-state index in [0.717, 1.165) is 17.8 Å². The molecule has 3 nitrogen and oxygen atoms in total. The first-order valence-electron chi connectivity index (χ1n) is 7.34. The van der Waals surface area contributed by atoms with Crippen molar-refractivity contribution in [2.75, 3.05) is 16.8 Å². The van der Waals surface area contributed by atoms with Crippen LogP contribution in [0.5, 0.6) is 0 Å². The van der Waals surface area contributed by atoms with Gasteiger partial charge < -0.3 is 10.2 Å². The zero-order valence-corrected chi connectivity index (χ0v) is 13.4. The highest BCUT2D eigenvalue weighted by molar-refractivity contribution is 7.80. The van der Waals surface area contributed by atoms with E-state index in [-0.39, 0.29) is 0 Å². The minimum atomic E-state index is 0.422. The second-order valence-electron chi connectivity index (χ2n) is 4.88. The lowest BCUT2D eigenvalue weighted by atomic mass is 10.1. The quantitative estimate of drug-likeness (QED) is 0.833. The maximum absolute atomic E-state index is 8.85. The zero-order chi connectivity index (χ0) is 15.8. The number of nitrogens with one attached hydrogen (secondary N) is 1. The Balaban J connectivity index is 2.13. The van der Waals surface area contributed by atoms with Crippen molar-refractivity contribution < 1.29 is 0 Å². The SMILES string of the molecule is CCc1ccc(NC(=S)N(CCC#N)c2ccccc2)cc1. The predicted molar refractivity (Wildman–Crippen MR) is 96.1 cm³/mol. The molecule has 22 heavy (non-hydrogen) atoms. The third kappa shape index (κ3) is 4.31. The molecule has 0 saturated heterocycles. The van der Waals surface area contributed by atoms with Crippen LogP contribution in [0.2, 0.25) is 0 Å². The Morgan fingerprint density at radius 3 is 2.41 bits per heavy atom. The number of hydrogen-bond donors (Lipinski definition) is 1. The van der Waals surface area contributed by atoms with Crippen molar-refractivity contribution in [1.82, 2.24) is 0 Å². The molecule has 0 aliphatic heterocycles. The summed E-state index contributed by atoms with van der Waals surface area (Å²) in [7, 11) is 0. The average molecular weight is 309 g/mol. The van der Waals surface area contributed by atoms with Crippen LogP contribution in [0.25, 0.3) is 0 Å². The van der Waals surface area contributed by atoms with Crippen LogP contribution in [0, 0.1) is 11.3 Å². The van der Waals surface area contributed by atoms with E-state index in [1.165, 1.54) is 5.56 Å². The molecule has 1 N–H and O–H groups in total. The van der Waals surface area contributed by atoms with Crippen molar-refractivity contribution in [2.45, 2.75) is 19.8 Å². The van der Waals surface area contributed by atoms with Crippen LogP contribution in [0.4, 0.5) is 11.4 Å². The smallest absolute Gasteiger partial charge is 0.177 e. The topological polar surface area (TPSA) is 39.1 Å². The number of rotatable bonds is 5. The molecule has 0 spiro atoms. The molecule has 0 amide bonds. The number of nitrogens with zero attached hydrogens (tertiary/aromatic N) is 2. The molecule has 0 atom stereocenters. The maximum atomic E-state index is 8.85. The summed E-state index contributed by atoms with van der Waals surface area (Å²) >= 11 is 5.52. The summed E-state index contributed by atoms with van der Waals surface area (Å²) in [6.45, 7) is 2.70. The van der Waals surface area contributed by atoms with Gasteiger partial charge in [-0.1, -0.05) is 37.3 Å². The van der Waals surface area contributed by atoms with E-state index < -0.39 is 0 Å². The van der Waals surface area contributed by atoms with Gasteiger partial charge in [-0.15, -0.1) is 0 Å². The Labute approximate surface area is 137 Å². The van der Waals surface area contributed by atoms with Gasteiger partial charge in [-0.2, -0.15) is 5.26 Å². The summed E-state index contributed by atoms with van der Waals surface area (Å²) in [6.07, 6.45) is 1.44. The van der Waals surface area contributed by atoms with E-state index in [2.05, 4.69) is 30.4 Å². The number of hydrogen-bond acceptors (Lipinski definition) is 2. The van der Waals surface area contributed by atoms with Crippen LogP contribution in [0.15, 0.2) is 54.6 Å². The Kier molecular flexibility index (Phi) is 5.93. The van der Waals surface area contributed by atoms with E-state index >= 15 is 0 Å². The molecule has 0 bridgehead atoms. The third-order valence-electron chi connectivity index (χ3n) is 3.37. The molecular weight excluding hydrogens is 290 g/mol. The fourth-order valence-electron chi connectivity index (χ4n) is 2.13. The second kappa shape index (κ2) is 8.16. The average Bonchev–Trinajstić information content (AvgIpc) is 2.57.